The fourth-order valence-corrected chi connectivity index (χ4v) is 3.80. The van der Waals surface area contributed by atoms with Crippen molar-refractivity contribution in [2.24, 2.45) is 0 Å². The second-order valence-electron chi connectivity index (χ2n) is 7.49. The standard InChI is InChI=1S/C23H25ClN4O2/c24-18-13-11-17(12-14-18)23-26-22(30-27-23)10-6-9-21(29)25-19-7-2-3-8-20(19)28-15-4-1-5-16-28/h2-3,7-8,11-14H,1,4-6,9-10,15-16H2,(H,25,29). The van der Waals surface area contributed by atoms with Gasteiger partial charge in [-0.05, 0) is 62.1 Å². The number of anilines is 2. The lowest BCUT2D eigenvalue weighted by molar-refractivity contribution is -0.116. The Bertz CT molecular complexity index is 981. The second-order valence-corrected chi connectivity index (χ2v) is 7.92. The van der Waals surface area contributed by atoms with Crippen molar-refractivity contribution < 1.29 is 9.32 Å². The molecule has 1 aliphatic heterocycles. The summed E-state index contributed by atoms with van der Waals surface area (Å²) in [6, 6.07) is 15.3. The summed E-state index contributed by atoms with van der Waals surface area (Å²) in [5.41, 5.74) is 2.84. The van der Waals surface area contributed by atoms with Gasteiger partial charge in [0.2, 0.25) is 17.6 Å². The number of aromatic nitrogens is 2. The molecule has 0 unspecified atom stereocenters. The van der Waals surface area contributed by atoms with E-state index in [2.05, 4.69) is 26.4 Å². The van der Waals surface area contributed by atoms with Crippen molar-refractivity contribution in [1.82, 2.24) is 10.1 Å². The smallest absolute Gasteiger partial charge is 0.226 e. The van der Waals surface area contributed by atoms with Crippen LogP contribution in [0.25, 0.3) is 11.4 Å². The minimum absolute atomic E-state index is 0.00287. The summed E-state index contributed by atoms with van der Waals surface area (Å²) in [4.78, 5) is 19.3. The number of hydrogen-bond donors (Lipinski definition) is 1. The van der Waals surface area contributed by atoms with Crippen LogP contribution in [0.15, 0.2) is 53.1 Å². The van der Waals surface area contributed by atoms with Crippen LogP contribution in [-0.4, -0.2) is 29.1 Å². The number of halogens is 1. The Morgan fingerprint density at radius 1 is 1.07 bits per heavy atom. The molecule has 6 nitrogen and oxygen atoms in total. The molecule has 4 rings (SSSR count). The van der Waals surface area contributed by atoms with Crippen molar-refractivity contribution in [2.75, 3.05) is 23.3 Å². The molecule has 1 amide bonds. The van der Waals surface area contributed by atoms with Gasteiger partial charge in [0.15, 0.2) is 0 Å². The van der Waals surface area contributed by atoms with Crippen molar-refractivity contribution in [1.29, 1.82) is 0 Å². The van der Waals surface area contributed by atoms with Crippen LogP contribution in [-0.2, 0) is 11.2 Å². The number of nitrogens with one attached hydrogen (secondary N) is 1. The van der Waals surface area contributed by atoms with Gasteiger partial charge in [-0.15, -0.1) is 0 Å². The van der Waals surface area contributed by atoms with E-state index >= 15 is 0 Å². The van der Waals surface area contributed by atoms with E-state index in [4.69, 9.17) is 16.1 Å². The van der Waals surface area contributed by atoms with E-state index in [-0.39, 0.29) is 5.91 Å². The van der Waals surface area contributed by atoms with E-state index in [1.54, 1.807) is 12.1 Å². The molecule has 2 heterocycles. The van der Waals surface area contributed by atoms with Gasteiger partial charge in [-0.1, -0.05) is 28.9 Å². The van der Waals surface area contributed by atoms with Crippen molar-refractivity contribution in [2.45, 2.75) is 38.5 Å². The zero-order chi connectivity index (χ0) is 20.8. The van der Waals surface area contributed by atoms with Crippen LogP contribution in [0.4, 0.5) is 11.4 Å². The van der Waals surface area contributed by atoms with Crippen LogP contribution in [0.5, 0.6) is 0 Å². The molecule has 1 saturated heterocycles. The molecule has 1 aliphatic rings. The van der Waals surface area contributed by atoms with E-state index in [0.29, 0.717) is 36.0 Å². The Morgan fingerprint density at radius 3 is 2.63 bits per heavy atom. The van der Waals surface area contributed by atoms with Crippen LogP contribution in [0.2, 0.25) is 5.02 Å². The first-order chi connectivity index (χ1) is 14.7. The van der Waals surface area contributed by atoms with Crippen LogP contribution in [0.3, 0.4) is 0 Å². The number of carbonyl (C=O) groups excluding carboxylic acids is 1. The molecular weight excluding hydrogens is 400 g/mol. The van der Waals surface area contributed by atoms with Gasteiger partial charge in [0, 0.05) is 36.5 Å². The predicted molar refractivity (Wildman–Crippen MR) is 119 cm³/mol. The molecule has 0 saturated carbocycles. The van der Waals surface area contributed by atoms with Gasteiger partial charge in [0.05, 0.1) is 11.4 Å². The van der Waals surface area contributed by atoms with Crippen molar-refractivity contribution >= 4 is 28.9 Å². The number of piperidine rings is 1. The Morgan fingerprint density at radius 2 is 1.83 bits per heavy atom. The molecule has 1 aromatic heterocycles. The summed E-state index contributed by atoms with van der Waals surface area (Å²) in [5.74, 6) is 1.06. The summed E-state index contributed by atoms with van der Waals surface area (Å²) in [7, 11) is 0. The number of benzene rings is 2. The SMILES string of the molecule is O=C(CCCc1nc(-c2ccc(Cl)cc2)no1)Nc1ccccc1N1CCCCC1. The molecule has 1 fully saturated rings. The molecule has 3 aromatic rings. The highest BCUT2D eigenvalue weighted by molar-refractivity contribution is 6.30. The minimum Gasteiger partial charge on any atom is -0.370 e. The minimum atomic E-state index is -0.00287. The molecule has 156 valence electrons. The molecule has 0 aliphatic carbocycles. The Labute approximate surface area is 181 Å². The van der Waals surface area contributed by atoms with Crippen molar-refractivity contribution in [3.8, 4) is 11.4 Å². The Balaban J connectivity index is 1.29. The quantitative estimate of drug-likeness (QED) is 0.554. The van der Waals surface area contributed by atoms with E-state index in [0.717, 1.165) is 30.0 Å². The van der Waals surface area contributed by atoms with Crippen LogP contribution >= 0.6 is 11.6 Å². The number of hydrogen-bond acceptors (Lipinski definition) is 5. The maximum atomic E-state index is 12.5. The van der Waals surface area contributed by atoms with Gasteiger partial charge in [0.25, 0.3) is 0 Å². The number of amides is 1. The van der Waals surface area contributed by atoms with Crippen molar-refractivity contribution in [3.63, 3.8) is 0 Å². The summed E-state index contributed by atoms with van der Waals surface area (Å²) in [6.07, 6.45) is 5.27. The number of nitrogens with zero attached hydrogens (tertiary/aromatic N) is 3. The first-order valence-electron chi connectivity index (χ1n) is 10.4. The molecule has 7 heteroatoms. The molecule has 2 aromatic carbocycles. The van der Waals surface area contributed by atoms with Crippen LogP contribution in [0.1, 0.15) is 38.0 Å². The largest absolute Gasteiger partial charge is 0.370 e. The van der Waals surface area contributed by atoms with E-state index in [1.165, 1.54) is 19.3 Å². The third kappa shape index (κ3) is 5.19. The number of aryl methyl sites for hydroxylation is 1. The van der Waals surface area contributed by atoms with Gasteiger partial charge in [-0.2, -0.15) is 4.98 Å². The van der Waals surface area contributed by atoms with Gasteiger partial charge in [-0.3, -0.25) is 4.79 Å². The number of carbonyl (C=O) groups is 1. The lowest BCUT2D eigenvalue weighted by Crippen LogP contribution is -2.30. The van der Waals surface area contributed by atoms with Gasteiger partial charge < -0.3 is 14.7 Å². The summed E-state index contributed by atoms with van der Waals surface area (Å²) in [5, 5.41) is 7.74. The fourth-order valence-electron chi connectivity index (χ4n) is 3.68. The first-order valence-corrected chi connectivity index (χ1v) is 10.8. The van der Waals surface area contributed by atoms with E-state index in [1.807, 2.05) is 30.3 Å². The topological polar surface area (TPSA) is 71.3 Å². The highest BCUT2D eigenvalue weighted by Crippen LogP contribution is 2.28. The number of para-hydroxylation sites is 2. The normalized spacial score (nSPS) is 14.0. The van der Waals surface area contributed by atoms with Crippen molar-refractivity contribution in [3.05, 3.63) is 59.4 Å². The molecular formula is C23H25ClN4O2. The average Bonchev–Trinajstić information content (AvgIpc) is 3.24. The first kappa shape index (κ1) is 20.4. The maximum absolute atomic E-state index is 12.5. The van der Waals surface area contributed by atoms with E-state index < -0.39 is 0 Å². The van der Waals surface area contributed by atoms with E-state index in [9.17, 15) is 4.79 Å². The van der Waals surface area contributed by atoms with Crippen LogP contribution < -0.4 is 10.2 Å². The molecule has 0 atom stereocenters. The monoisotopic (exact) mass is 424 g/mol. The highest BCUT2D eigenvalue weighted by atomic mass is 35.5. The zero-order valence-electron chi connectivity index (χ0n) is 16.8. The molecule has 30 heavy (non-hydrogen) atoms. The number of rotatable bonds is 7. The summed E-state index contributed by atoms with van der Waals surface area (Å²) in [6.45, 7) is 2.08. The predicted octanol–water partition coefficient (Wildman–Crippen LogP) is 5.34. The highest BCUT2D eigenvalue weighted by Gasteiger charge is 2.16. The van der Waals surface area contributed by atoms with Gasteiger partial charge in [0.1, 0.15) is 0 Å². The molecule has 0 spiro atoms. The lowest BCUT2D eigenvalue weighted by Gasteiger charge is -2.30. The maximum Gasteiger partial charge on any atom is 0.226 e. The summed E-state index contributed by atoms with van der Waals surface area (Å²) >= 11 is 5.91. The molecule has 0 radical (unpaired) electrons. The zero-order valence-corrected chi connectivity index (χ0v) is 17.6. The summed E-state index contributed by atoms with van der Waals surface area (Å²) < 4.78 is 5.32. The lowest BCUT2D eigenvalue weighted by atomic mass is 10.1. The van der Waals surface area contributed by atoms with Gasteiger partial charge >= 0.3 is 0 Å². The second kappa shape index (κ2) is 9.76. The van der Waals surface area contributed by atoms with Crippen LogP contribution in [0, 0.1) is 0 Å². The Kier molecular flexibility index (Phi) is 6.64. The molecule has 0 bridgehead atoms. The fraction of sp³-hybridized carbons (Fsp3) is 0.348. The molecule has 1 N–H and O–H groups in total. The third-order valence-corrected chi connectivity index (χ3v) is 5.49. The van der Waals surface area contributed by atoms with Gasteiger partial charge in [-0.25, -0.2) is 0 Å². The average molecular weight is 425 g/mol. The third-order valence-electron chi connectivity index (χ3n) is 5.24. The Hall–Kier alpha value is -2.86.